The summed E-state index contributed by atoms with van der Waals surface area (Å²) in [4.78, 5) is 8.82. The highest BCUT2D eigenvalue weighted by molar-refractivity contribution is 6.32. The average Bonchev–Trinajstić information content (AvgIpc) is 2.54. The maximum absolute atomic E-state index is 6.21. The summed E-state index contributed by atoms with van der Waals surface area (Å²) in [6.07, 6.45) is 1.73. The Bertz CT molecular complexity index is 813. The zero-order valence-electron chi connectivity index (χ0n) is 12.2. The third kappa shape index (κ3) is 3.26. The molecule has 110 valence electrons. The summed E-state index contributed by atoms with van der Waals surface area (Å²) in [7, 11) is 0. The van der Waals surface area contributed by atoms with Crippen molar-refractivity contribution in [1.82, 2.24) is 4.98 Å². The molecule has 0 spiro atoms. The van der Waals surface area contributed by atoms with Gasteiger partial charge in [0, 0.05) is 17.2 Å². The minimum Gasteiger partial charge on any atom is -0.494 e. The van der Waals surface area contributed by atoms with Gasteiger partial charge in [-0.15, -0.1) is 0 Å². The molecule has 0 aliphatic carbocycles. The highest BCUT2D eigenvalue weighted by Crippen LogP contribution is 2.21. The Balaban J connectivity index is 1.86. The molecule has 3 rings (SSSR count). The van der Waals surface area contributed by atoms with E-state index in [0.717, 1.165) is 27.9 Å². The van der Waals surface area contributed by atoms with E-state index in [1.807, 2.05) is 61.5 Å². The quantitative estimate of drug-likeness (QED) is 0.500. The van der Waals surface area contributed by atoms with Crippen molar-refractivity contribution in [2.24, 2.45) is 4.99 Å². The van der Waals surface area contributed by atoms with Gasteiger partial charge in [0.05, 0.1) is 17.8 Å². The number of aliphatic imine (C=N–C) groups is 1. The number of hydrogen-bond acceptors (Lipinski definition) is 3. The monoisotopic (exact) mass is 310 g/mol. The topological polar surface area (TPSA) is 34.5 Å². The molecule has 0 radical (unpaired) electrons. The first-order valence-electron chi connectivity index (χ1n) is 7.08. The summed E-state index contributed by atoms with van der Waals surface area (Å²) in [5, 5.41) is 1.49. The Morgan fingerprint density at radius 1 is 1.14 bits per heavy atom. The van der Waals surface area contributed by atoms with Crippen molar-refractivity contribution in [1.29, 1.82) is 0 Å². The second-order valence-electron chi connectivity index (χ2n) is 4.75. The van der Waals surface area contributed by atoms with Crippen LogP contribution in [0.1, 0.15) is 12.5 Å². The number of ether oxygens (including phenoxy) is 1. The minimum atomic E-state index is 0.452. The lowest BCUT2D eigenvalue weighted by molar-refractivity contribution is 0.340. The molecule has 0 saturated carbocycles. The van der Waals surface area contributed by atoms with Crippen molar-refractivity contribution in [3.8, 4) is 5.75 Å². The van der Waals surface area contributed by atoms with Crippen molar-refractivity contribution in [2.45, 2.75) is 6.92 Å². The number of halogens is 1. The van der Waals surface area contributed by atoms with Crippen LogP contribution in [0.2, 0.25) is 5.15 Å². The van der Waals surface area contributed by atoms with E-state index in [1.54, 1.807) is 6.21 Å². The van der Waals surface area contributed by atoms with Crippen LogP contribution >= 0.6 is 11.6 Å². The molecule has 1 aromatic heterocycles. The number of pyridine rings is 1. The summed E-state index contributed by atoms with van der Waals surface area (Å²) in [5.74, 6) is 0.840. The van der Waals surface area contributed by atoms with Gasteiger partial charge < -0.3 is 4.74 Å². The Hall–Kier alpha value is -2.39. The Morgan fingerprint density at radius 3 is 2.68 bits per heavy atom. The molecule has 2 aromatic carbocycles. The fourth-order valence-electron chi connectivity index (χ4n) is 2.14. The summed E-state index contributed by atoms with van der Waals surface area (Å²) in [5.41, 5.74) is 2.52. The van der Waals surface area contributed by atoms with E-state index in [2.05, 4.69) is 9.98 Å². The van der Waals surface area contributed by atoms with Crippen LogP contribution in [0.4, 0.5) is 5.69 Å². The van der Waals surface area contributed by atoms with Crippen molar-refractivity contribution in [2.75, 3.05) is 6.61 Å². The van der Waals surface area contributed by atoms with E-state index < -0.39 is 0 Å². The number of fused-ring (bicyclic) bond motifs is 1. The van der Waals surface area contributed by atoms with Crippen LogP contribution in [0, 0.1) is 0 Å². The van der Waals surface area contributed by atoms with E-state index in [-0.39, 0.29) is 0 Å². The SMILES string of the molecule is CCOc1ccc(N=Cc2cc3ccccc3nc2Cl)cc1. The van der Waals surface area contributed by atoms with Crippen LogP contribution < -0.4 is 4.74 Å². The Morgan fingerprint density at radius 2 is 1.91 bits per heavy atom. The van der Waals surface area contributed by atoms with Crippen LogP contribution in [0.5, 0.6) is 5.75 Å². The van der Waals surface area contributed by atoms with Crippen LogP contribution in [-0.2, 0) is 0 Å². The van der Waals surface area contributed by atoms with Gasteiger partial charge >= 0.3 is 0 Å². The normalized spacial score (nSPS) is 11.2. The summed E-state index contributed by atoms with van der Waals surface area (Å²) in [6, 6.07) is 17.5. The maximum atomic E-state index is 6.21. The minimum absolute atomic E-state index is 0.452. The molecular weight excluding hydrogens is 296 g/mol. The highest BCUT2D eigenvalue weighted by atomic mass is 35.5. The van der Waals surface area contributed by atoms with E-state index in [1.165, 1.54) is 0 Å². The molecule has 22 heavy (non-hydrogen) atoms. The molecule has 0 amide bonds. The predicted octanol–water partition coefficient (Wildman–Crippen LogP) is 5.04. The van der Waals surface area contributed by atoms with Gasteiger partial charge in [-0.05, 0) is 43.3 Å². The van der Waals surface area contributed by atoms with Gasteiger partial charge in [0.1, 0.15) is 10.9 Å². The fraction of sp³-hybridized carbons (Fsp3) is 0.111. The molecule has 0 atom stereocenters. The van der Waals surface area contributed by atoms with Crippen LogP contribution in [-0.4, -0.2) is 17.8 Å². The molecule has 0 aliphatic heterocycles. The Kier molecular flexibility index (Phi) is 4.35. The summed E-state index contributed by atoms with van der Waals surface area (Å²) < 4.78 is 5.41. The van der Waals surface area contributed by atoms with Gasteiger partial charge in [-0.2, -0.15) is 0 Å². The van der Waals surface area contributed by atoms with Crippen molar-refractivity contribution >= 4 is 34.4 Å². The van der Waals surface area contributed by atoms with Gasteiger partial charge in [0.15, 0.2) is 0 Å². The van der Waals surface area contributed by atoms with Gasteiger partial charge in [0.25, 0.3) is 0 Å². The molecule has 0 saturated heterocycles. The largest absolute Gasteiger partial charge is 0.494 e. The van der Waals surface area contributed by atoms with Crippen molar-refractivity contribution in [3.63, 3.8) is 0 Å². The summed E-state index contributed by atoms with van der Waals surface area (Å²) >= 11 is 6.21. The maximum Gasteiger partial charge on any atom is 0.138 e. The molecule has 3 nitrogen and oxygen atoms in total. The number of nitrogens with zero attached hydrogens (tertiary/aromatic N) is 2. The van der Waals surface area contributed by atoms with Gasteiger partial charge in [-0.25, -0.2) is 4.98 Å². The number of hydrogen-bond donors (Lipinski definition) is 0. The summed E-state index contributed by atoms with van der Waals surface area (Å²) in [6.45, 7) is 2.61. The van der Waals surface area contributed by atoms with Crippen LogP contribution in [0.3, 0.4) is 0 Å². The molecule has 3 aromatic rings. The van der Waals surface area contributed by atoms with Gasteiger partial charge in [-0.1, -0.05) is 29.8 Å². The molecule has 4 heteroatoms. The predicted molar refractivity (Wildman–Crippen MR) is 91.6 cm³/mol. The smallest absolute Gasteiger partial charge is 0.138 e. The number of rotatable bonds is 4. The van der Waals surface area contributed by atoms with Crippen LogP contribution in [0.15, 0.2) is 59.6 Å². The lowest BCUT2D eigenvalue weighted by Crippen LogP contribution is -1.90. The van der Waals surface area contributed by atoms with Gasteiger partial charge in [0.2, 0.25) is 0 Å². The zero-order chi connectivity index (χ0) is 15.4. The molecule has 0 unspecified atom stereocenters. The number of aromatic nitrogens is 1. The lowest BCUT2D eigenvalue weighted by atomic mass is 10.2. The van der Waals surface area contributed by atoms with Gasteiger partial charge in [-0.3, -0.25) is 4.99 Å². The second kappa shape index (κ2) is 6.58. The molecule has 0 N–H and O–H groups in total. The molecule has 0 bridgehead atoms. The molecule has 0 aliphatic rings. The zero-order valence-corrected chi connectivity index (χ0v) is 12.9. The second-order valence-corrected chi connectivity index (χ2v) is 5.10. The molecule has 1 heterocycles. The Labute approximate surface area is 134 Å². The third-order valence-electron chi connectivity index (χ3n) is 3.21. The average molecular weight is 311 g/mol. The first-order chi connectivity index (χ1) is 10.8. The third-order valence-corrected chi connectivity index (χ3v) is 3.51. The first kappa shape index (κ1) is 14.5. The van der Waals surface area contributed by atoms with E-state index >= 15 is 0 Å². The number of benzene rings is 2. The van der Waals surface area contributed by atoms with E-state index in [9.17, 15) is 0 Å². The van der Waals surface area contributed by atoms with Crippen molar-refractivity contribution < 1.29 is 4.74 Å². The van der Waals surface area contributed by atoms with E-state index in [4.69, 9.17) is 16.3 Å². The first-order valence-corrected chi connectivity index (χ1v) is 7.46. The molecular formula is C18H15ClN2O. The standard InChI is InChI=1S/C18H15ClN2O/c1-2-22-16-9-7-15(8-10-16)20-12-14-11-13-5-3-4-6-17(13)21-18(14)19/h3-12H,2H2,1H3. The number of para-hydroxylation sites is 1. The lowest BCUT2D eigenvalue weighted by Gasteiger charge is -2.03. The molecule has 0 fully saturated rings. The van der Waals surface area contributed by atoms with Crippen molar-refractivity contribution in [3.05, 3.63) is 65.3 Å². The fourth-order valence-corrected chi connectivity index (χ4v) is 2.33. The highest BCUT2D eigenvalue weighted by Gasteiger charge is 2.02. The van der Waals surface area contributed by atoms with E-state index in [0.29, 0.717) is 11.8 Å². The van der Waals surface area contributed by atoms with Crippen LogP contribution in [0.25, 0.3) is 10.9 Å².